The number of imidazole rings is 1. The Morgan fingerprint density at radius 3 is 2.57 bits per heavy atom. The van der Waals surface area contributed by atoms with Crippen molar-refractivity contribution >= 4 is 5.65 Å². The second kappa shape index (κ2) is 5.45. The van der Waals surface area contributed by atoms with Crippen molar-refractivity contribution in [1.29, 1.82) is 0 Å². The molecule has 0 aliphatic carbocycles. The van der Waals surface area contributed by atoms with Crippen molar-refractivity contribution in [2.45, 2.75) is 19.8 Å². The zero-order valence-corrected chi connectivity index (χ0v) is 12.1. The molecule has 120 valence electrons. The van der Waals surface area contributed by atoms with E-state index in [1.54, 1.807) is 27.6 Å². The van der Waals surface area contributed by atoms with Crippen LogP contribution in [0, 0.1) is 0 Å². The van der Waals surface area contributed by atoms with Crippen molar-refractivity contribution in [1.82, 2.24) is 9.55 Å². The van der Waals surface area contributed by atoms with Gasteiger partial charge in [-0.05, 0) is 31.2 Å². The van der Waals surface area contributed by atoms with Crippen molar-refractivity contribution in [3.8, 4) is 17.0 Å². The fraction of sp³-hybridized carbons (Fsp3) is 0.200. The van der Waals surface area contributed by atoms with E-state index < -0.39 is 6.36 Å². The molecular formula is C15H13F3N3O2+. The van der Waals surface area contributed by atoms with Gasteiger partial charge in [-0.3, -0.25) is 9.36 Å². The molecule has 1 aromatic carbocycles. The van der Waals surface area contributed by atoms with Crippen molar-refractivity contribution < 1.29 is 22.3 Å². The molecule has 0 aliphatic heterocycles. The Bertz CT molecular complexity index is 895. The number of aromatic amines is 1. The average molecular weight is 324 g/mol. The summed E-state index contributed by atoms with van der Waals surface area (Å²) in [5.41, 5.74) is 1.44. The van der Waals surface area contributed by atoms with Crippen molar-refractivity contribution in [2.24, 2.45) is 0 Å². The molecule has 0 aliphatic rings. The monoisotopic (exact) mass is 324 g/mol. The van der Waals surface area contributed by atoms with E-state index in [2.05, 4.69) is 9.72 Å². The van der Waals surface area contributed by atoms with Gasteiger partial charge < -0.3 is 4.74 Å². The van der Waals surface area contributed by atoms with Crippen LogP contribution in [0.15, 0.2) is 47.7 Å². The molecule has 0 spiro atoms. The number of nitrogens with zero attached hydrogens (tertiary/aromatic N) is 2. The van der Waals surface area contributed by atoms with E-state index in [1.807, 2.05) is 6.92 Å². The summed E-state index contributed by atoms with van der Waals surface area (Å²) in [4.78, 5) is 15.3. The minimum Gasteiger partial charge on any atom is -0.406 e. The molecule has 0 amide bonds. The fourth-order valence-electron chi connectivity index (χ4n) is 2.44. The Balaban J connectivity index is 2.07. The maximum Gasteiger partial charge on any atom is 0.573 e. The molecule has 0 atom stereocenters. The molecule has 0 bridgehead atoms. The first-order valence-electron chi connectivity index (χ1n) is 6.87. The third-order valence-electron chi connectivity index (χ3n) is 3.41. The van der Waals surface area contributed by atoms with Crippen LogP contribution >= 0.6 is 0 Å². The Morgan fingerprint density at radius 1 is 1.26 bits per heavy atom. The maximum absolute atomic E-state index is 12.4. The van der Waals surface area contributed by atoms with E-state index >= 15 is 0 Å². The summed E-state index contributed by atoms with van der Waals surface area (Å²) >= 11 is 0. The van der Waals surface area contributed by atoms with Crippen molar-refractivity contribution in [3.63, 3.8) is 0 Å². The van der Waals surface area contributed by atoms with E-state index in [0.29, 0.717) is 23.4 Å². The molecule has 5 nitrogen and oxygen atoms in total. The number of fused-ring (bicyclic) bond motifs is 1. The van der Waals surface area contributed by atoms with Gasteiger partial charge in [-0.1, -0.05) is 0 Å². The fourth-order valence-corrected chi connectivity index (χ4v) is 2.44. The highest BCUT2D eigenvalue weighted by atomic mass is 19.4. The van der Waals surface area contributed by atoms with Crippen LogP contribution in [0.4, 0.5) is 13.2 Å². The highest BCUT2D eigenvalue weighted by molar-refractivity contribution is 5.60. The highest BCUT2D eigenvalue weighted by Gasteiger charge is 2.31. The predicted molar refractivity (Wildman–Crippen MR) is 76.0 cm³/mol. The van der Waals surface area contributed by atoms with Gasteiger partial charge in [0.15, 0.2) is 0 Å². The number of aromatic nitrogens is 3. The van der Waals surface area contributed by atoms with Gasteiger partial charge in [0.25, 0.3) is 0 Å². The molecule has 0 fully saturated rings. The highest BCUT2D eigenvalue weighted by Crippen LogP contribution is 2.25. The maximum atomic E-state index is 12.4. The number of alkyl halides is 3. The zero-order valence-electron chi connectivity index (χ0n) is 12.1. The Kier molecular flexibility index (Phi) is 3.59. The molecule has 0 saturated heterocycles. The van der Waals surface area contributed by atoms with Gasteiger partial charge in [-0.25, -0.2) is 4.98 Å². The quantitative estimate of drug-likeness (QED) is 0.753. The largest absolute Gasteiger partial charge is 0.573 e. The second-order valence-corrected chi connectivity index (χ2v) is 4.85. The molecule has 8 heteroatoms. The van der Waals surface area contributed by atoms with Gasteiger partial charge in [0.2, 0.25) is 0 Å². The topological polar surface area (TPSA) is 51.1 Å². The molecule has 3 rings (SSSR count). The van der Waals surface area contributed by atoms with Crippen molar-refractivity contribution in [2.75, 3.05) is 0 Å². The third-order valence-corrected chi connectivity index (χ3v) is 3.41. The third kappa shape index (κ3) is 2.92. The van der Waals surface area contributed by atoms with Crippen LogP contribution in [0.1, 0.15) is 6.92 Å². The van der Waals surface area contributed by atoms with Gasteiger partial charge in [-0.15, -0.1) is 13.2 Å². The van der Waals surface area contributed by atoms with Crippen LogP contribution in [0.2, 0.25) is 0 Å². The molecule has 0 saturated carbocycles. The summed E-state index contributed by atoms with van der Waals surface area (Å²) in [5.74, 6) is -0.304. The molecular weight excluding hydrogens is 311 g/mol. The second-order valence-electron chi connectivity index (χ2n) is 4.85. The summed E-state index contributed by atoms with van der Waals surface area (Å²) in [6.07, 6.45) is 0.353. The number of rotatable bonds is 3. The molecule has 1 N–H and O–H groups in total. The lowest BCUT2D eigenvalue weighted by atomic mass is 10.1. The van der Waals surface area contributed by atoms with Gasteiger partial charge in [0, 0.05) is 12.1 Å². The minimum atomic E-state index is -4.73. The van der Waals surface area contributed by atoms with Gasteiger partial charge in [0.1, 0.15) is 24.3 Å². The molecule has 23 heavy (non-hydrogen) atoms. The lowest BCUT2D eigenvalue weighted by Crippen LogP contribution is -2.33. The van der Waals surface area contributed by atoms with E-state index in [0.717, 1.165) is 0 Å². The van der Waals surface area contributed by atoms with Crippen LogP contribution in [0.5, 0.6) is 5.75 Å². The summed E-state index contributed by atoms with van der Waals surface area (Å²) in [6, 6.07) is 5.42. The summed E-state index contributed by atoms with van der Waals surface area (Å²) < 4.78 is 43.6. The average Bonchev–Trinajstić information content (AvgIpc) is 2.95. The van der Waals surface area contributed by atoms with E-state index in [4.69, 9.17) is 0 Å². The number of hydrogen-bond acceptors (Lipinski definition) is 2. The van der Waals surface area contributed by atoms with Crippen molar-refractivity contribution in [3.05, 3.63) is 53.2 Å². The Morgan fingerprint density at radius 2 is 1.96 bits per heavy atom. The van der Waals surface area contributed by atoms with E-state index in [1.165, 1.54) is 24.3 Å². The number of halogens is 3. The van der Waals surface area contributed by atoms with Crippen LogP contribution < -0.4 is 14.7 Å². The smallest absolute Gasteiger partial charge is 0.406 e. The number of ether oxygens (including phenoxy) is 1. The molecule has 2 heterocycles. The first-order chi connectivity index (χ1) is 10.9. The van der Waals surface area contributed by atoms with Crippen LogP contribution in [-0.4, -0.2) is 15.9 Å². The van der Waals surface area contributed by atoms with Crippen LogP contribution in [0.25, 0.3) is 16.9 Å². The lowest BCUT2D eigenvalue weighted by molar-refractivity contribution is -0.510. The van der Waals surface area contributed by atoms with Gasteiger partial charge in [0.05, 0.1) is 5.69 Å². The molecule has 0 unspecified atom stereocenters. The van der Waals surface area contributed by atoms with Crippen LogP contribution in [0.3, 0.4) is 0 Å². The summed E-state index contributed by atoms with van der Waals surface area (Å²) in [6.45, 7) is 2.26. The normalized spacial score (nSPS) is 11.8. The summed E-state index contributed by atoms with van der Waals surface area (Å²) in [5, 5.41) is 0. The lowest BCUT2D eigenvalue weighted by Gasteiger charge is -2.11. The number of nitrogens with one attached hydrogen (secondary N) is 1. The van der Waals surface area contributed by atoms with E-state index in [-0.39, 0.29) is 11.3 Å². The number of benzene rings is 1. The summed E-state index contributed by atoms with van der Waals surface area (Å²) in [7, 11) is 0. The standard InChI is InChI=1S/C15H12F3N3O2/c1-2-21-12(9-20-8-7-19-13(20)14(21)22)10-3-5-11(6-4-10)23-15(16,17)18/h3-9H,2H2,1H3/p+1. The minimum absolute atomic E-state index is 0.203. The Hall–Kier alpha value is -2.77. The number of H-pyrrole nitrogens is 1. The number of hydrogen-bond donors (Lipinski definition) is 1. The predicted octanol–water partition coefficient (Wildman–Crippen LogP) is 2.50. The zero-order chi connectivity index (χ0) is 16.6. The van der Waals surface area contributed by atoms with Gasteiger partial charge >= 0.3 is 17.6 Å². The first-order valence-corrected chi connectivity index (χ1v) is 6.87. The SMILES string of the molecule is CCn1c(-c2ccc(OC(F)(F)F)cc2)c[n+]2cc[nH]c2c1=O. The molecule has 3 aromatic rings. The Labute approximate surface area is 128 Å². The first kappa shape index (κ1) is 15.1. The molecule has 2 aromatic heterocycles. The molecule has 0 radical (unpaired) electrons. The van der Waals surface area contributed by atoms with Gasteiger partial charge in [-0.2, -0.15) is 4.40 Å². The van der Waals surface area contributed by atoms with Crippen LogP contribution in [-0.2, 0) is 6.54 Å². The van der Waals surface area contributed by atoms with E-state index in [9.17, 15) is 18.0 Å².